The van der Waals surface area contributed by atoms with Crippen molar-refractivity contribution in [1.29, 1.82) is 0 Å². The number of nitrogens with zero attached hydrogens (tertiary/aromatic N) is 4. The molecule has 1 atom stereocenters. The van der Waals surface area contributed by atoms with Gasteiger partial charge in [-0.2, -0.15) is 0 Å². The number of hydrogen-bond donors (Lipinski definition) is 1. The number of rotatable bonds is 6. The summed E-state index contributed by atoms with van der Waals surface area (Å²) < 4.78 is 1.56. The molecule has 7 heteroatoms. The molecule has 0 bridgehead atoms. The van der Waals surface area contributed by atoms with Crippen molar-refractivity contribution in [3.8, 4) is 0 Å². The summed E-state index contributed by atoms with van der Waals surface area (Å²) in [6.07, 6.45) is 3.22. The molecular formula is C19H23N5O2. The average Bonchev–Trinajstić information content (AvgIpc) is 3.37. The zero-order valence-electron chi connectivity index (χ0n) is 14.9. The molecule has 1 aromatic heterocycles. The molecule has 2 amide bonds. The highest BCUT2D eigenvalue weighted by molar-refractivity contribution is 6.05. The van der Waals surface area contributed by atoms with Crippen molar-refractivity contribution in [1.82, 2.24) is 25.2 Å². The van der Waals surface area contributed by atoms with Crippen molar-refractivity contribution in [3.05, 3.63) is 47.3 Å². The van der Waals surface area contributed by atoms with Gasteiger partial charge >= 0.3 is 0 Å². The van der Waals surface area contributed by atoms with Crippen molar-refractivity contribution >= 4 is 11.8 Å². The Morgan fingerprint density at radius 3 is 2.77 bits per heavy atom. The Labute approximate surface area is 152 Å². The van der Waals surface area contributed by atoms with Crippen LogP contribution in [0.3, 0.4) is 0 Å². The molecule has 2 aromatic rings. The predicted octanol–water partition coefficient (Wildman–Crippen LogP) is 2.02. The fourth-order valence-electron chi connectivity index (χ4n) is 3.44. The van der Waals surface area contributed by atoms with Gasteiger partial charge in [-0.05, 0) is 30.7 Å². The number of carbonyl (C=O) groups excluding carboxylic acids is 2. The van der Waals surface area contributed by atoms with E-state index in [4.69, 9.17) is 0 Å². The summed E-state index contributed by atoms with van der Waals surface area (Å²) in [6, 6.07) is 9.59. The summed E-state index contributed by atoms with van der Waals surface area (Å²) in [4.78, 5) is 27.5. The predicted molar refractivity (Wildman–Crippen MR) is 95.6 cm³/mol. The van der Waals surface area contributed by atoms with E-state index in [-0.39, 0.29) is 29.2 Å². The fourth-order valence-corrected chi connectivity index (χ4v) is 3.44. The van der Waals surface area contributed by atoms with Crippen LogP contribution in [0.15, 0.2) is 30.3 Å². The van der Waals surface area contributed by atoms with Crippen molar-refractivity contribution < 1.29 is 9.59 Å². The summed E-state index contributed by atoms with van der Waals surface area (Å²) in [5.41, 5.74) is 1.46. The maximum absolute atomic E-state index is 13.0. The minimum atomic E-state index is -0.290. The van der Waals surface area contributed by atoms with E-state index in [2.05, 4.69) is 15.6 Å². The number of carbonyl (C=O) groups is 2. The van der Waals surface area contributed by atoms with Gasteiger partial charge in [0.15, 0.2) is 11.4 Å². The van der Waals surface area contributed by atoms with Crippen molar-refractivity contribution in [3.63, 3.8) is 0 Å². The first kappa shape index (κ1) is 16.8. The molecule has 0 saturated heterocycles. The molecule has 1 aliphatic carbocycles. The van der Waals surface area contributed by atoms with Gasteiger partial charge in [-0.25, -0.2) is 4.68 Å². The quantitative estimate of drug-likeness (QED) is 0.862. The Morgan fingerprint density at radius 1 is 1.31 bits per heavy atom. The Bertz CT molecular complexity index is 813. The number of aromatic nitrogens is 3. The van der Waals surface area contributed by atoms with Gasteiger partial charge in [0.2, 0.25) is 0 Å². The van der Waals surface area contributed by atoms with Gasteiger partial charge in [-0.1, -0.05) is 42.5 Å². The lowest BCUT2D eigenvalue weighted by molar-refractivity contribution is 0.0732. The Morgan fingerprint density at radius 2 is 2.08 bits per heavy atom. The lowest BCUT2D eigenvalue weighted by Gasteiger charge is -2.25. The Kier molecular flexibility index (Phi) is 4.44. The molecule has 7 nitrogen and oxygen atoms in total. The molecule has 0 spiro atoms. The zero-order chi connectivity index (χ0) is 18.1. The van der Waals surface area contributed by atoms with E-state index in [1.165, 1.54) is 12.8 Å². The van der Waals surface area contributed by atoms with Crippen LogP contribution in [0.4, 0.5) is 0 Å². The molecule has 1 aromatic carbocycles. The van der Waals surface area contributed by atoms with Gasteiger partial charge in [0.25, 0.3) is 11.8 Å². The summed E-state index contributed by atoms with van der Waals surface area (Å²) in [5, 5.41) is 11.2. The van der Waals surface area contributed by atoms with E-state index in [9.17, 15) is 9.59 Å². The van der Waals surface area contributed by atoms with Crippen molar-refractivity contribution in [2.45, 2.75) is 38.8 Å². The highest BCUT2D eigenvalue weighted by Crippen LogP contribution is 2.30. The Hall–Kier alpha value is -2.70. The number of benzene rings is 1. The first-order valence-electron chi connectivity index (χ1n) is 9.26. The van der Waals surface area contributed by atoms with Crippen LogP contribution in [0.1, 0.15) is 58.8 Å². The largest absolute Gasteiger partial charge is 0.342 e. The molecule has 0 unspecified atom stereocenters. The highest BCUT2D eigenvalue weighted by atomic mass is 16.2. The lowest BCUT2D eigenvalue weighted by Crippen LogP contribution is -2.41. The minimum Gasteiger partial charge on any atom is -0.342 e. The summed E-state index contributed by atoms with van der Waals surface area (Å²) in [5.74, 6) is 0.114. The second-order valence-electron chi connectivity index (χ2n) is 7.10. The van der Waals surface area contributed by atoms with Crippen molar-refractivity contribution in [2.24, 2.45) is 5.92 Å². The normalized spacial score (nSPS) is 19.0. The maximum Gasteiger partial charge on any atom is 0.276 e. The fraction of sp³-hybridized carbons (Fsp3) is 0.474. The summed E-state index contributed by atoms with van der Waals surface area (Å²) >= 11 is 0. The molecule has 1 fully saturated rings. The van der Waals surface area contributed by atoms with Gasteiger partial charge in [-0.3, -0.25) is 9.59 Å². The number of nitrogens with one attached hydrogen (secondary N) is 1. The molecule has 1 aliphatic heterocycles. The number of fused-ring (bicyclic) bond motifs is 1. The van der Waals surface area contributed by atoms with Gasteiger partial charge in [0.05, 0.1) is 12.6 Å². The smallest absolute Gasteiger partial charge is 0.276 e. The number of amides is 2. The van der Waals surface area contributed by atoms with E-state index >= 15 is 0 Å². The molecule has 1 N–H and O–H groups in total. The third-order valence-corrected chi connectivity index (χ3v) is 4.97. The lowest BCUT2D eigenvalue weighted by atomic mass is 10.0. The zero-order valence-corrected chi connectivity index (χ0v) is 14.9. The van der Waals surface area contributed by atoms with E-state index in [0.29, 0.717) is 19.0 Å². The SMILES string of the molecule is CCCN(CC1CC1)C(=O)c1nnn2c1C(=O)N[C@@H](c1ccccc1)C2. The number of hydrogen-bond acceptors (Lipinski definition) is 4. The molecule has 2 heterocycles. The van der Waals surface area contributed by atoms with Crippen LogP contribution < -0.4 is 5.32 Å². The van der Waals surface area contributed by atoms with Gasteiger partial charge in [0, 0.05) is 13.1 Å². The van der Waals surface area contributed by atoms with E-state index in [1.807, 2.05) is 42.2 Å². The average molecular weight is 353 g/mol. The third kappa shape index (κ3) is 3.21. The van der Waals surface area contributed by atoms with E-state index < -0.39 is 0 Å². The van der Waals surface area contributed by atoms with Crippen LogP contribution in [0.2, 0.25) is 0 Å². The molecule has 1 saturated carbocycles. The van der Waals surface area contributed by atoms with Crippen LogP contribution in [-0.4, -0.2) is 44.8 Å². The molecule has 4 rings (SSSR count). The summed E-state index contributed by atoms with van der Waals surface area (Å²) in [6.45, 7) is 3.94. The maximum atomic E-state index is 13.0. The van der Waals surface area contributed by atoms with E-state index in [1.54, 1.807) is 4.68 Å². The molecular weight excluding hydrogens is 330 g/mol. The minimum absolute atomic E-state index is 0.168. The van der Waals surface area contributed by atoms with Crippen LogP contribution >= 0.6 is 0 Å². The standard InChI is InChI=1S/C19H23N5O2/c1-2-10-23(11-13-8-9-13)19(26)16-17-18(25)20-15(12-24(17)22-21-16)14-6-4-3-5-7-14/h3-7,13,15H,2,8-12H2,1H3,(H,20,25)/t15-/m1/s1. The monoisotopic (exact) mass is 353 g/mol. The van der Waals surface area contributed by atoms with Crippen LogP contribution in [0.5, 0.6) is 0 Å². The Balaban J connectivity index is 1.58. The third-order valence-electron chi connectivity index (χ3n) is 4.97. The second-order valence-corrected chi connectivity index (χ2v) is 7.10. The molecule has 0 radical (unpaired) electrons. The second kappa shape index (κ2) is 6.90. The van der Waals surface area contributed by atoms with Crippen molar-refractivity contribution in [2.75, 3.05) is 13.1 Å². The highest BCUT2D eigenvalue weighted by Gasteiger charge is 2.35. The van der Waals surface area contributed by atoms with Crippen LogP contribution in [-0.2, 0) is 6.54 Å². The van der Waals surface area contributed by atoms with Gasteiger partial charge in [0.1, 0.15) is 0 Å². The van der Waals surface area contributed by atoms with Crippen LogP contribution in [0, 0.1) is 5.92 Å². The van der Waals surface area contributed by atoms with Crippen LogP contribution in [0.25, 0.3) is 0 Å². The first-order valence-corrected chi connectivity index (χ1v) is 9.26. The summed E-state index contributed by atoms with van der Waals surface area (Å²) in [7, 11) is 0. The van der Waals surface area contributed by atoms with Gasteiger partial charge in [-0.15, -0.1) is 5.10 Å². The topological polar surface area (TPSA) is 80.1 Å². The molecule has 136 valence electrons. The van der Waals surface area contributed by atoms with E-state index in [0.717, 1.165) is 18.5 Å². The van der Waals surface area contributed by atoms with Gasteiger partial charge < -0.3 is 10.2 Å². The first-order chi connectivity index (χ1) is 12.7. The molecule has 2 aliphatic rings. The molecule has 26 heavy (non-hydrogen) atoms.